The number of rotatable bonds is 7. The number of hydrogen-bond acceptors (Lipinski definition) is 4. The van der Waals surface area contributed by atoms with Crippen LogP contribution in [0.25, 0.3) is 0 Å². The standard InChI is InChI=1S/C21H25NO4/c1-15-5-3-6-16(2)21(15)26-14-20(23)22-17-8-10-18(11-9-17)25-13-19-7-4-12-24-19/h3,5-6,8-11,19H,4,7,12-14H2,1-2H3,(H,22,23)/t19-/m1/s1. The van der Waals surface area contributed by atoms with Crippen LogP contribution in [0.2, 0.25) is 0 Å². The van der Waals surface area contributed by atoms with Crippen LogP contribution in [0.15, 0.2) is 42.5 Å². The number of aryl methyl sites for hydroxylation is 2. The van der Waals surface area contributed by atoms with E-state index in [4.69, 9.17) is 14.2 Å². The second-order valence-electron chi connectivity index (χ2n) is 6.53. The Balaban J connectivity index is 1.46. The lowest BCUT2D eigenvalue weighted by Crippen LogP contribution is -2.20. The van der Waals surface area contributed by atoms with E-state index in [2.05, 4.69) is 5.32 Å². The highest BCUT2D eigenvalue weighted by molar-refractivity contribution is 5.91. The molecule has 5 nitrogen and oxygen atoms in total. The molecule has 1 heterocycles. The summed E-state index contributed by atoms with van der Waals surface area (Å²) in [5.74, 6) is 1.34. The minimum absolute atomic E-state index is 0.0248. The van der Waals surface area contributed by atoms with Crippen molar-refractivity contribution in [1.82, 2.24) is 0 Å². The fourth-order valence-corrected chi connectivity index (χ4v) is 2.96. The molecular weight excluding hydrogens is 330 g/mol. The summed E-state index contributed by atoms with van der Waals surface area (Å²) in [4.78, 5) is 12.1. The third-order valence-corrected chi connectivity index (χ3v) is 4.35. The number of nitrogens with one attached hydrogen (secondary N) is 1. The van der Waals surface area contributed by atoms with Crippen LogP contribution < -0.4 is 14.8 Å². The maximum absolute atomic E-state index is 12.1. The maximum Gasteiger partial charge on any atom is 0.262 e. The first-order valence-corrected chi connectivity index (χ1v) is 8.95. The molecule has 0 aliphatic carbocycles. The van der Waals surface area contributed by atoms with Crippen molar-refractivity contribution in [2.24, 2.45) is 0 Å². The van der Waals surface area contributed by atoms with Gasteiger partial charge in [0.1, 0.15) is 18.1 Å². The minimum Gasteiger partial charge on any atom is -0.491 e. The number of carbonyl (C=O) groups excluding carboxylic acids is 1. The van der Waals surface area contributed by atoms with Gasteiger partial charge in [-0.3, -0.25) is 4.79 Å². The van der Waals surface area contributed by atoms with Crippen LogP contribution in [0, 0.1) is 13.8 Å². The zero-order valence-electron chi connectivity index (χ0n) is 15.3. The van der Waals surface area contributed by atoms with Gasteiger partial charge in [-0.2, -0.15) is 0 Å². The monoisotopic (exact) mass is 355 g/mol. The number of amides is 1. The van der Waals surface area contributed by atoms with E-state index < -0.39 is 0 Å². The predicted octanol–water partition coefficient (Wildman–Crippen LogP) is 3.88. The molecule has 0 saturated carbocycles. The Bertz CT molecular complexity index is 716. The van der Waals surface area contributed by atoms with Crippen molar-refractivity contribution in [3.63, 3.8) is 0 Å². The van der Waals surface area contributed by atoms with Crippen LogP contribution in [0.5, 0.6) is 11.5 Å². The third kappa shape index (κ3) is 4.99. The molecule has 0 aromatic heterocycles. The molecule has 2 aromatic carbocycles. The molecule has 1 saturated heterocycles. The van der Waals surface area contributed by atoms with Crippen LogP contribution >= 0.6 is 0 Å². The molecule has 0 radical (unpaired) electrons. The molecule has 2 aromatic rings. The molecule has 1 amide bonds. The SMILES string of the molecule is Cc1cccc(C)c1OCC(=O)Nc1ccc(OC[C@H]2CCCO2)cc1. The Morgan fingerprint density at radius 1 is 1.12 bits per heavy atom. The quantitative estimate of drug-likeness (QED) is 0.819. The second-order valence-corrected chi connectivity index (χ2v) is 6.53. The Labute approximate surface area is 154 Å². The van der Waals surface area contributed by atoms with Gasteiger partial charge in [-0.1, -0.05) is 18.2 Å². The molecule has 0 spiro atoms. The lowest BCUT2D eigenvalue weighted by Gasteiger charge is -2.13. The molecule has 5 heteroatoms. The van der Waals surface area contributed by atoms with Crippen LogP contribution in [0.4, 0.5) is 5.69 Å². The van der Waals surface area contributed by atoms with E-state index in [0.717, 1.165) is 42.1 Å². The number of hydrogen-bond donors (Lipinski definition) is 1. The van der Waals surface area contributed by atoms with Gasteiger partial charge in [-0.05, 0) is 62.1 Å². The molecule has 138 valence electrons. The van der Waals surface area contributed by atoms with Crippen LogP contribution in [0.3, 0.4) is 0 Å². The highest BCUT2D eigenvalue weighted by Crippen LogP contribution is 2.22. The summed E-state index contributed by atoms with van der Waals surface area (Å²) in [6.45, 7) is 5.30. The largest absolute Gasteiger partial charge is 0.491 e. The van der Waals surface area contributed by atoms with Crippen molar-refractivity contribution >= 4 is 11.6 Å². The van der Waals surface area contributed by atoms with Crippen molar-refractivity contribution in [1.29, 1.82) is 0 Å². The fraction of sp³-hybridized carbons (Fsp3) is 0.381. The molecular formula is C21H25NO4. The Hall–Kier alpha value is -2.53. The third-order valence-electron chi connectivity index (χ3n) is 4.35. The van der Waals surface area contributed by atoms with Crippen LogP contribution in [-0.4, -0.2) is 31.8 Å². The Morgan fingerprint density at radius 2 is 1.85 bits per heavy atom. The van der Waals surface area contributed by atoms with E-state index in [-0.39, 0.29) is 18.6 Å². The second kappa shape index (κ2) is 8.72. The van der Waals surface area contributed by atoms with Gasteiger partial charge in [0.25, 0.3) is 5.91 Å². The highest BCUT2D eigenvalue weighted by atomic mass is 16.5. The van der Waals surface area contributed by atoms with E-state index in [0.29, 0.717) is 12.3 Å². The molecule has 26 heavy (non-hydrogen) atoms. The van der Waals surface area contributed by atoms with Crippen molar-refractivity contribution < 1.29 is 19.0 Å². The van der Waals surface area contributed by atoms with E-state index in [1.54, 1.807) is 0 Å². The molecule has 3 rings (SSSR count). The number of carbonyl (C=O) groups is 1. The van der Waals surface area contributed by atoms with E-state index in [9.17, 15) is 4.79 Å². The number of para-hydroxylation sites is 1. The minimum atomic E-state index is -0.194. The Morgan fingerprint density at radius 3 is 2.50 bits per heavy atom. The molecule has 1 aliphatic heterocycles. The number of anilines is 1. The van der Waals surface area contributed by atoms with E-state index >= 15 is 0 Å². The lowest BCUT2D eigenvalue weighted by atomic mass is 10.1. The Kier molecular flexibility index (Phi) is 6.12. The van der Waals surface area contributed by atoms with Crippen molar-refractivity contribution in [3.8, 4) is 11.5 Å². The normalized spacial score (nSPS) is 16.3. The van der Waals surface area contributed by atoms with Gasteiger partial charge in [-0.15, -0.1) is 0 Å². The highest BCUT2D eigenvalue weighted by Gasteiger charge is 2.16. The molecule has 0 bridgehead atoms. The lowest BCUT2D eigenvalue weighted by molar-refractivity contribution is -0.118. The first kappa shape index (κ1) is 18.3. The van der Waals surface area contributed by atoms with Gasteiger partial charge in [0.05, 0.1) is 6.10 Å². The maximum atomic E-state index is 12.1. The zero-order valence-corrected chi connectivity index (χ0v) is 15.3. The van der Waals surface area contributed by atoms with Gasteiger partial charge in [0.2, 0.25) is 0 Å². The van der Waals surface area contributed by atoms with Gasteiger partial charge >= 0.3 is 0 Å². The summed E-state index contributed by atoms with van der Waals surface area (Å²) >= 11 is 0. The summed E-state index contributed by atoms with van der Waals surface area (Å²) in [6, 6.07) is 13.2. The molecule has 1 atom stereocenters. The topological polar surface area (TPSA) is 56.8 Å². The van der Waals surface area contributed by atoms with Gasteiger partial charge in [0, 0.05) is 12.3 Å². The molecule has 1 N–H and O–H groups in total. The molecule has 1 fully saturated rings. The number of benzene rings is 2. The molecule has 0 unspecified atom stereocenters. The summed E-state index contributed by atoms with van der Waals surface area (Å²) in [7, 11) is 0. The number of ether oxygens (including phenoxy) is 3. The summed E-state index contributed by atoms with van der Waals surface area (Å²) < 4.78 is 16.9. The van der Waals surface area contributed by atoms with E-state index in [1.165, 1.54) is 0 Å². The van der Waals surface area contributed by atoms with Crippen LogP contribution in [0.1, 0.15) is 24.0 Å². The average Bonchev–Trinajstić information content (AvgIpc) is 3.14. The fourth-order valence-electron chi connectivity index (χ4n) is 2.96. The smallest absolute Gasteiger partial charge is 0.262 e. The first-order chi connectivity index (χ1) is 12.6. The van der Waals surface area contributed by atoms with Crippen molar-refractivity contribution in [3.05, 3.63) is 53.6 Å². The molecule has 1 aliphatic rings. The predicted molar refractivity (Wildman–Crippen MR) is 101 cm³/mol. The summed E-state index contributed by atoms with van der Waals surface area (Å²) in [5, 5.41) is 2.83. The van der Waals surface area contributed by atoms with Gasteiger partial charge < -0.3 is 19.5 Å². The summed E-state index contributed by atoms with van der Waals surface area (Å²) in [5.41, 5.74) is 2.75. The van der Waals surface area contributed by atoms with Crippen LogP contribution in [-0.2, 0) is 9.53 Å². The first-order valence-electron chi connectivity index (χ1n) is 8.95. The van der Waals surface area contributed by atoms with Gasteiger partial charge in [-0.25, -0.2) is 0 Å². The van der Waals surface area contributed by atoms with E-state index in [1.807, 2.05) is 56.3 Å². The summed E-state index contributed by atoms with van der Waals surface area (Å²) in [6.07, 6.45) is 2.34. The van der Waals surface area contributed by atoms with Crippen molar-refractivity contribution in [2.45, 2.75) is 32.8 Å². The zero-order chi connectivity index (χ0) is 18.4. The van der Waals surface area contributed by atoms with Crippen molar-refractivity contribution in [2.75, 3.05) is 25.1 Å². The van der Waals surface area contributed by atoms with Gasteiger partial charge in [0.15, 0.2) is 6.61 Å². The average molecular weight is 355 g/mol.